The number of aromatic amines is 1. The summed E-state index contributed by atoms with van der Waals surface area (Å²) >= 11 is 0. The van der Waals surface area contributed by atoms with E-state index in [4.69, 9.17) is 5.73 Å². The number of rotatable bonds is 8. The van der Waals surface area contributed by atoms with Crippen molar-refractivity contribution in [2.75, 3.05) is 6.54 Å². The molecule has 1 aliphatic heterocycles. The monoisotopic (exact) mass is 365 g/mol. The van der Waals surface area contributed by atoms with Gasteiger partial charge in [0.15, 0.2) is 0 Å². The normalized spacial score (nSPS) is 20.4. The Morgan fingerprint density at radius 1 is 1.50 bits per heavy atom. The van der Waals surface area contributed by atoms with Crippen LogP contribution >= 0.6 is 0 Å². The summed E-state index contributed by atoms with van der Waals surface area (Å²) in [5.41, 5.74) is 6.64. The highest BCUT2D eigenvalue weighted by Crippen LogP contribution is 2.19. The predicted octanol–water partition coefficient (Wildman–Crippen LogP) is -0.114. The molecule has 2 rings (SSSR count). The Balaban J connectivity index is 2.16. The van der Waals surface area contributed by atoms with Crippen molar-refractivity contribution in [1.82, 2.24) is 20.2 Å². The molecule has 26 heavy (non-hydrogen) atoms. The highest BCUT2D eigenvalue weighted by Gasteiger charge is 2.38. The lowest BCUT2D eigenvalue weighted by Gasteiger charge is -2.28. The average Bonchev–Trinajstić information content (AvgIpc) is 3.30. The van der Waals surface area contributed by atoms with Gasteiger partial charge >= 0.3 is 5.97 Å². The van der Waals surface area contributed by atoms with Crippen molar-refractivity contribution in [2.45, 2.75) is 57.7 Å². The molecule has 1 saturated heterocycles. The molecule has 5 N–H and O–H groups in total. The number of carbonyl (C=O) groups excluding carboxylic acids is 2. The van der Waals surface area contributed by atoms with Crippen LogP contribution in [0, 0.1) is 5.92 Å². The van der Waals surface area contributed by atoms with Gasteiger partial charge in [-0.15, -0.1) is 0 Å². The molecule has 144 valence electrons. The Kier molecular flexibility index (Phi) is 6.73. The second-order valence-electron chi connectivity index (χ2n) is 6.78. The fourth-order valence-corrected chi connectivity index (χ4v) is 3.08. The van der Waals surface area contributed by atoms with Crippen LogP contribution in [-0.2, 0) is 20.8 Å². The first kappa shape index (κ1) is 19.9. The van der Waals surface area contributed by atoms with Crippen molar-refractivity contribution >= 4 is 17.8 Å². The molecule has 0 aromatic carbocycles. The number of aliphatic carboxylic acids is 1. The molecular formula is C17H27N5O4. The molecule has 4 atom stereocenters. The van der Waals surface area contributed by atoms with E-state index in [1.54, 1.807) is 6.20 Å². The molecule has 2 heterocycles. The molecule has 2 amide bonds. The summed E-state index contributed by atoms with van der Waals surface area (Å²) in [7, 11) is 0. The third-order valence-corrected chi connectivity index (χ3v) is 4.97. The van der Waals surface area contributed by atoms with E-state index in [1.165, 1.54) is 11.2 Å². The standard InChI is InChI=1S/C17H27N5O4/c1-3-10(2)14(18)15(23)21-12(7-11-8-19-9-20-11)16(24)22-6-4-5-13(22)17(25)26/h8-10,12-14H,3-7,18H2,1-2H3,(H,19,20)(H,21,23)(H,25,26)/t10-,12-,13-,14-/m0/s1. The lowest BCUT2D eigenvalue weighted by atomic mass is 9.98. The lowest BCUT2D eigenvalue weighted by molar-refractivity contribution is -0.149. The van der Waals surface area contributed by atoms with Crippen molar-refractivity contribution in [3.05, 3.63) is 18.2 Å². The smallest absolute Gasteiger partial charge is 0.326 e. The Hall–Kier alpha value is -2.42. The van der Waals surface area contributed by atoms with Crippen LogP contribution in [0.5, 0.6) is 0 Å². The van der Waals surface area contributed by atoms with Gasteiger partial charge in [0.1, 0.15) is 12.1 Å². The van der Waals surface area contributed by atoms with Crippen LogP contribution in [0.15, 0.2) is 12.5 Å². The number of amides is 2. The number of hydrogen-bond donors (Lipinski definition) is 4. The first-order valence-electron chi connectivity index (χ1n) is 8.91. The zero-order valence-corrected chi connectivity index (χ0v) is 15.1. The van der Waals surface area contributed by atoms with Crippen LogP contribution in [0.25, 0.3) is 0 Å². The van der Waals surface area contributed by atoms with Crippen molar-refractivity contribution in [3.63, 3.8) is 0 Å². The summed E-state index contributed by atoms with van der Waals surface area (Å²) in [5, 5.41) is 12.0. The third kappa shape index (κ3) is 4.60. The molecule has 1 aromatic rings. The Morgan fingerprint density at radius 3 is 2.81 bits per heavy atom. The molecule has 0 radical (unpaired) electrons. The SMILES string of the molecule is CC[C@H](C)[C@H](N)C(=O)N[C@@H](Cc1cnc[nH]1)C(=O)N1CCC[C@H]1C(=O)O. The number of nitrogens with one attached hydrogen (secondary N) is 2. The molecule has 0 aliphatic carbocycles. The van der Waals surface area contributed by atoms with Crippen LogP contribution < -0.4 is 11.1 Å². The predicted molar refractivity (Wildman–Crippen MR) is 94.0 cm³/mol. The van der Waals surface area contributed by atoms with Crippen molar-refractivity contribution in [1.29, 1.82) is 0 Å². The van der Waals surface area contributed by atoms with E-state index in [0.717, 1.165) is 6.42 Å². The summed E-state index contributed by atoms with van der Waals surface area (Å²) in [5.74, 6) is -1.88. The number of carboxylic acid groups (broad SMARTS) is 1. The number of carboxylic acids is 1. The van der Waals surface area contributed by atoms with Crippen LogP contribution in [0.4, 0.5) is 0 Å². The fourth-order valence-electron chi connectivity index (χ4n) is 3.08. The topological polar surface area (TPSA) is 141 Å². The number of nitrogens with zero attached hydrogens (tertiary/aromatic N) is 2. The maximum absolute atomic E-state index is 13.0. The van der Waals surface area contributed by atoms with Gasteiger partial charge in [-0.25, -0.2) is 9.78 Å². The summed E-state index contributed by atoms with van der Waals surface area (Å²) in [6.07, 6.45) is 5.03. The number of likely N-dealkylation sites (tertiary alicyclic amines) is 1. The van der Waals surface area contributed by atoms with E-state index in [9.17, 15) is 19.5 Å². The van der Waals surface area contributed by atoms with Crippen LogP contribution in [0.2, 0.25) is 0 Å². The van der Waals surface area contributed by atoms with Gasteiger partial charge in [-0.3, -0.25) is 9.59 Å². The van der Waals surface area contributed by atoms with Gasteiger partial charge in [0, 0.05) is 24.9 Å². The van der Waals surface area contributed by atoms with Crippen LogP contribution in [0.1, 0.15) is 38.8 Å². The maximum atomic E-state index is 13.0. The zero-order valence-electron chi connectivity index (χ0n) is 15.1. The fraction of sp³-hybridized carbons (Fsp3) is 0.647. The third-order valence-electron chi connectivity index (χ3n) is 4.97. The summed E-state index contributed by atoms with van der Waals surface area (Å²) < 4.78 is 0. The van der Waals surface area contributed by atoms with E-state index in [1.807, 2.05) is 13.8 Å². The molecule has 0 spiro atoms. The maximum Gasteiger partial charge on any atom is 0.326 e. The number of aromatic nitrogens is 2. The van der Waals surface area contributed by atoms with E-state index in [2.05, 4.69) is 15.3 Å². The quantitative estimate of drug-likeness (QED) is 0.506. The second-order valence-corrected chi connectivity index (χ2v) is 6.78. The lowest BCUT2D eigenvalue weighted by Crippen LogP contribution is -2.56. The van der Waals surface area contributed by atoms with E-state index < -0.39 is 35.9 Å². The van der Waals surface area contributed by atoms with Gasteiger partial charge < -0.3 is 26.0 Å². The number of H-pyrrole nitrogens is 1. The summed E-state index contributed by atoms with van der Waals surface area (Å²) in [6.45, 7) is 4.17. The van der Waals surface area contributed by atoms with Crippen molar-refractivity contribution in [3.8, 4) is 0 Å². The highest BCUT2D eigenvalue weighted by atomic mass is 16.4. The van der Waals surface area contributed by atoms with Crippen LogP contribution in [-0.4, -0.2) is 62.4 Å². The molecule has 1 aromatic heterocycles. The second kappa shape index (κ2) is 8.79. The van der Waals surface area contributed by atoms with Gasteiger partial charge in [0.2, 0.25) is 11.8 Å². The van der Waals surface area contributed by atoms with E-state index in [-0.39, 0.29) is 12.3 Å². The Bertz CT molecular complexity index is 633. The number of hydrogen-bond acceptors (Lipinski definition) is 5. The molecule has 9 nitrogen and oxygen atoms in total. The first-order valence-corrected chi connectivity index (χ1v) is 8.91. The van der Waals surface area contributed by atoms with Gasteiger partial charge in [-0.1, -0.05) is 20.3 Å². The largest absolute Gasteiger partial charge is 0.480 e. The number of carbonyl (C=O) groups is 3. The van der Waals surface area contributed by atoms with Gasteiger partial charge in [-0.2, -0.15) is 0 Å². The molecule has 0 unspecified atom stereocenters. The minimum Gasteiger partial charge on any atom is -0.480 e. The molecule has 1 aliphatic rings. The summed E-state index contributed by atoms with van der Waals surface area (Å²) in [4.78, 5) is 45.0. The van der Waals surface area contributed by atoms with Gasteiger partial charge in [0.05, 0.1) is 12.4 Å². The molecule has 1 fully saturated rings. The van der Waals surface area contributed by atoms with E-state index >= 15 is 0 Å². The molecule has 0 saturated carbocycles. The minimum atomic E-state index is -1.03. The summed E-state index contributed by atoms with van der Waals surface area (Å²) in [6, 6.07) is -2.48. The zero-order chi connectivity index (χ0) is 19.3. The average molecular weight is 365 g/mol. The highest BCUT2D eigenvalue weighted by molar-refractivity contribution is 5.92. The molecular weight excluding hydrogens is 338 g/mol. The Morgan fingerprint density at radius 2 is 2.23 bits per heavy atom. The number of nitrogens with two attached hydrogens (primary N) is 1. The first-order chi connectivity index (χ1) is 12.3. The van der Waals surface area contributed by atoms with Gasteiger partial charge in [-0.05, 0) is 18.8 Å². The Labute approximate surface area is 152 Å². The van der Waals surface area contributed by atoms with Crippen molar-refractivity contribution in [2.24, 2.45) is 11.7 Å². The van der Waals surface area contributed by atoms with E-state index in [0.29, 0.717) is 25.1 Å². The van der Waals surface area contributed by atoms with Crippen LogP contribution in [0.3, 0.4) is 0 Å². The van der Waals surface area contributed by atoms with Gasteiger partial charge in [0.25, 0.3) is 0 Å². The van der Waals surface area contributed by atoms with Crippen molar-refractivity contribution < 1.29 is 19.5 Å². The molecule has 0 bridgehead atoms. The number of imidazole rings is 1. The minimum absolute atomic E-state index is 0.0311. The molecule has 9 heteroatoms.